The molecule has 14 heteroatoms. The molecule has 1 atom stereocenters. The van der Waals surface area contributed by atoms with Gasteiger partial charge in [0.1, 0.15) is 11.7 Å². The Hall–Kier alpha value is -5.69. The first-order valence-electron chi connectivity index (χ1n) is 14.6. The number of nitrogens with zero attached hydrogens (tertiary/aromatic N) is 2. The van der Waals surface area contributed by atoms with Gasteiger partial charge in [-0.3, -0.25) is 14.4 Å². The van der Waals surface area contributed by atoms with Gasteiger partial charge in [-0.15, -0.1) is 0 Å². The van der Waals surface area contributed by atoms with Crippen LogP contribution in [0.15, 0.2) is 66.7 Å². The zero-order chi connectivity index (χ0) is 33.4. The first kappa shape index (κ1) is 31.3. The standard InChI is InChI=1S/C33H28ClFN6O6/c1-16-28(41(47)29(36-16)22-3-2-4-23(34)27(22)35)32(44)40-25(13-17-5-9-20(10-6-17)37-30(42)18-7-8-18)31(43)38-21-11-12-24-19(14-21)15-26(39-24)33(45)46/h2-6,9-12,14-15,18,25,39,47H,7-8,13H2,1H3,(H,37,42)(H,38,43)(H,40,44)(H,45,46)/t25-/m0/s1. The van der Waals surface area contributed by atoms with E-state index in [2.05, 4.69) is 25.9 Å². The lowest BCUT2D eigenvalue weighted by Gasteiger charge is -2.19. The fourth-order valence-corrected chi connectivity index (χ4v) is 5.34. The number of carboxylic acids is 1. The van der Waals surface area contributed by atoms with Crippen molar-refractivity contribution in [1.82, 2.24) is 20.0 Å². The van der Waals surface area contributed by atoms with Crippen molar-refractivity contribution in [2.24, 2.45) is 5.92 Å². The van der Waals surface area contributed by atoms with Gasteiger partial charge >= 0.3 is 5.97 Å². The Morgan fingerprint density at radius 2 is 1.77 bits per heavy atom. The summed E-state index contributed by atoms with van der Waals surface area (Å²) < 4.78 is 15.2. The van der Waals surface area contributed by atoms with Gasteiger partial charge in [-0.25, -0.2) is 14.2 Å². The first-order valence-corrected chi connectivity index (χ1v) is 15.0. The summed E-state index contributed by atoms with van der Waals surface area (Å²) in [5.74, 6) is -3.70. The Bertz CT molecular complexity index is 2050. The van der Waals surface area contributed by atoms with Gasteiger partial charge in [-0.2, -0.15) is 4.73 Å². The molecule has 240 valence electrons. The van der Waals surface area contributed by atoms with Gasteiger partial charge in [0.05, 0.1) is 16.3 Å². The number of amides is 3. The summed E-state index contributed by atoms with van der Waals surface area (Å²) in [6, 6.07) is 16.0. The van der Waals surface area contributed by atoms with E-state index in [-0.39, 0.29) is 51.7 Å². The molecule has 2 aromatic heterocycles. The molecule has 12 nitrogen and oxygen atoms in total. The minimum absolute atomic E-state index is 0.0123. The lowest BCUT2D eigenvalue weighted by Crippen LogP contribution is -2.46. The monoisotopic (exact) mass is 658 g/mol. The molecular weight excluding hydrogens is 631 g/mol. The van der Waals surface area contributed by atoms with Gasteiger partial charge in [0.25, 0.3) is 5.91 Å². The normalized spacial score (nSPS) is 13.3. The average molecular weight is 659 g/mol. The lowest BCUT2D eigenvalue weighted by molar-refractivity contribution is -0.118. The number of H-pyrrole nitrogens is 1. The maximum atomic E-state index is 14.7. The van der Waals surface area contributed by atoms with Crippen LogP contribution < -0.4 is 16.0 Å². The van der Waals surface area contributed by atoms with Crippen LogP contribution in [0.3, 0.4) is 0 Å². The molecular formula is C33H28ClFN6O6. The number of rotatable bonds is 10. The van der Waals surface area contributed by atoms with Crippen molar-refractivity contribution in [1.29, 1.82) is 0 Å². The van der Waals surface area contributed by atoms with E-state index in [1.807, 2.05) is 0 Å². The Kier molecular flexibility index (Phi) is 8.39. The molecule has 3 aromatic carbocycles. The SMILES string of the molecule is Cc1nc(-c2cccc(Cl)c2F)n(O)c1C(=O)N[C@@H](Cc1ccc(NC(=O)C2CC2)cc1)C(=O)Nc1ccc2[nH]c(C(=O)O)cc2c1. The number of hydrogen-bond acceptors (Lipinski definition) is 6. The molecule has 1 aliphatic carbocycles. The summed E-state index contributed by atoms with van der Waals surface area (Å²) in [7, 11) is 0. The Morgan fingerprint density at radius 1 is 1.04 bits per heavy atom. The second-order valence-corrected chi connectivity index (χ2v) is 11.7. The number of nitrogens with one attached hydrogen (secondary N) is 4. The number of carbonyl (C=O) groups is 4. The molecule has 2 heterocycles. The van der Waals surface area contributed by atoms with Crippen molar-refractivity contribution in [3.63, 3.8) is 0 Å². The molecule has 6 rings (SSSR count). The van der Waals surface area contributed by atoms with Crippen LogP contribution in [0.1, 0.15) is 45.1 Å². The zero-order valence-corrected chi connectivity index (χ0v) is 25.6. The summed E-state index contributed by atoms with van der Waals surface area (Å²) in [6.07, 6.45) is 1.73. The van der Waals surface area contributed by atoms with Crippen LogP contribution in [0, 0.1) is 18.7 Å². The second-order valence-electron chi connectivity index (χ2n) is 11.3. The summed E-state index contributed by atoms with van der Waals surface area (Å²) in [4.78, 5) is 57.7. The zero-order valence-electron chi connectivity index (χ0n) is 24.8. The highest BCUT2D eigenvalue weighted by atomic mass is 35.5. The number of carbonyl (C=O) groups excluding carboxylic acids is 3. The van der Waals surface area contributed by atoms with E-state index in [1.54, 1.807) is 42.5 Å². The highest BCUT2D eigenvalue weighted by Crippen LogP contribution is 2.31. The van der Waals surface area contributed by atoms with E-state index in [1.165, 1.54) is 31.2 Å². The van der Waals surface area contributed by atoms with Crippen molar-refractivity contribution in [2.75, 3.05) is 10.6 Å². The second kappa shape index (κ2) is 12.6. The summed E-state index contributed by atoms with van der Waals surface area (Å²) in [6.45, 7) is 1.45. The Morgan fingerprint density at radius 3 is 2.47 bits per heavy atom. The molecule has 3 amide bonds. The van der Waals surface area contributed by atoms with Gasteiger partial charge in [0, 0.05) is 34.6 Å². The fourth-order valence-electron chi connectivity index (χ4n) is 5.17. The molecule has 0 radical (unpaired) electrons. The molecule has 0 unspecified atom stereocenters. The summed E-state index contributed by atoms with van der Waals surface area (Å²) in [5, 5.41) is 28.8. The topological polar surface area (TPSA) is 178 Å². The van der Waals surface area contributed by atoms with Gasteiger partial charge in [-0.1, -0.05) is 29.8 Å². The molecule has 1 aliphatic rings. The molecule has 47 heavy (non-hydrogen) atoms. The van der Waals surface area contributed by atoms with Crippen LogP contribution in [-0.4, -0.2) is 54.7 Å². The summed E-state index contributed by atoms with van der Waals surface area (Å²) in [5.41, 5.74) is 1.76. The Labute approximate surface area is 271 Å². The molecule has 5 aromatic rings. The predicted molar refractivity (Wildman–Crippen MR) is 171 cm³/mol. The molecule has 6 N–H and O–H groups in total. The summed E-state index contributed by atoms with van der Waals surface area (Å²) >= 11 is 5.90. The number of imidazole rings is 1. The number of benzene rings is 3. The van der Waals surface area contributed by atoms with Gasteiger partial charge in [0.15, 0.2) is 17.3 Å². The number of aryl methyl sites for hydroxylation is 1. The highest BCUT2D eigenvalue weighted by Gasteiger charge is 2.30. The molecule has 1 saturated carbocycles. The van der Waals surface area contributed by atoms with E-state index in [4.69, 9.17) is 11.6 Å². The molecule has 0 saturated heterocycles. The lowest BCUT2D eigenvalue weighted by atomic mass is 10.0. The number of anilines is 2. The van der Waals surface area contributed by atoms with Crippen molar-refractivity contribution >= 4 is 57.6 Å². The maximum absolute atomic E-state index is 14.7. The quantitative estimate of drug-likeness (QED) is 0.109. The Balaban J connectivity index is 1.26. The van der Waals surface area contributed by atoms with Crippen molar-refractivity contribution in [3.05, 3.63) is 100 Å². The molecule has 0 aliphatic heterocycles. The number of aromatic carboxylic acids is 1. The number of carboxylic acid groups (broad SMARTS) is 1. The van der Waals surface area contributed by atoms with E-state index in [9.17, 15) is 33.9 Å². The smallest absolute Gasteiger partial charge is 0.352 e. The number of fused-ring (bicyclic) bond motifs is 1. The van der Waals surface area contributed by atoms with Crippen molar-refractivity contribution in [2.45, 2.75) is 32.2 Å². The largest absolute Gasteiger partial charge is 0.477 e. The molecule has 1 fully saturated rings. The van der Waals surface area contributed by atoms with E-state index in [0.717, 1.165) is 12.8 Å². The third kappa shape index (κ3) is 6.65. The van der Waals surface area contributed by atoms with Crippen LogP contribution >= 0.6 is 11.6 Å². The number of aromatic amines is 1. The third-order valence-electron chi connectivity index (χ3n) is 7.79. The van der Waals surface area contributed by atoms with Gasteiger partial charge in [0.2, 0.25) is 11.8 Å². The van der Waals surface area contributed by atoms with Crippen LogP contribution in [0.2, 0.25) is 5.02 Å². The van der Waals surface area contributed by atoms with Crippen molar-refractivity contribution < 1.29 is 33.9 Å². The van der Waals surface area contributed by atoms with E-state index >= 15 is 0 Å². The molecule has 0 spiro atoms. The minimum atomic E-state index is -1.19. The van der Waals surface area contributed by atoms with E-state index in [0.29, 0.717) is 32.6 Å². The van der Waals surface area contributed by atoms with Gasteiger partial charge < -0.3 is 31.2 Å². The number of halogens is 2. The molecule has 0 bridgehead atoms. The van der Waals surface area contributed by atoms with Crippen molar-refractivity contribution in [3.8, 4) is 11.4 Å². The number of hydrogen-bond donors (Lipinski definition) is 6. The minimum Gasteiger partial charge on any atom is -0.477 e. The maximum Gasteiger partial charge on any atom is 0.352 e. The van der Waals surface area contributed by atoms with Crippen LogP contribution in [0.4, 0.5) is 15.8 Å². The first-order chi connectivity index (χ1) is 22.5. The van der Waals surface area contributed by atoms with E-state index < -0.39 is 29.6 Å². The van der Waals surface area contributed by atoms with Crippen LogP contribution in [0.5, 0.6) is 0 Å². The predicted octanol–water partition coefficient (Wildman–Crippen LogP) is 5.40. The number of aromatic nitrogens is 3. The van der Waals surface area contributed by atoms with Crippen LogP contribution in [0.25, 0.3) is 22.3 Å². The highest BCUT2D eigenvalue weighted by molar-refractivity contribution is 6.31. The van der Waals surface area contributed by atoms with Gasteiger partial charge in [-0.05, 0) is 73.9 Å². The third-order valence-corrected chi connectivity index (χ3v) is 8.08. The fraction of sp³-hybridized carbons (Fsp3) is 0.182. The average Bonchev–Trinajstić information content (AvgIpc) is 3.73. The van der Waals surface area contributed by atoms with Crippen LogP contribution in [-0.2, 0) is 16.0 Å².